The lowest BCUT2D eigenvalue weighted by Crippen LogP contribution is -2.31. The van der Waals surface area contributed by atoms with Crippen LogP contribution in [0.25, 0.3) is 0 Å². The molecule has 0 saturated heterocycles. The number of anilines is 1. The van der Waals surface area contributed by atoms with Crippen molar-refractivity contribution in [1.82, 2.24) is 19.9 Å². The molecule has 30 heavy (non-hydrogen) atoms. The molecule has 0 bridgehead atoms. The second-order valence-corrected chi connectivity index (χ2v) is 7.83. The summed E-state index contributed by atoms with van der Waals surface area (Å²) in [6.07, 6.45) is 2.20. The molecular formula is C20H23N5O4S. The summed E-state index contributed by atoms with van der Waals surface area (Å²) in [5, 5.41) is 11.3. The fraction of sp³-hybridized carbons (Fsp3) is 0.350. The predicted molar refractivity (Wildman–Crippen MR) is 111 cm³/mol. The summed E-state index contributed by atoms with van der Waals surface area (Å²) < 4.78 is 12.1. The molecule has 0 spiro atoms. The molecule has 9 nitrogen and oxygen atoms in total. The Morgan fingerprint density at radius 3 is 2.77 bits per heavy atom. The van der Waals surface area contributed by atoms with Gasteiger partial charge in [-0.3, -0.25) is 4.79 Å². The van der Waals surface area contributed by atoms with E-state index < -0.39 is 18.0 Å². The van der Waals surface area contributed by atoms with E-state index >= 15 is 0 Å². The molecule has 158 valence electrons. The van der Waals surface area contributed by atoms with Crippen LogP contribution in [-0.4, -0.2) is 37.9 Å². The van der Waals surface area contributed by atoms with Gasteiger partial charge in [0, 0.05) is 30.1 Å². The van der Waals surface area contributed by atoms with E-state index in [0.29, 0.717) is 22.4 Å². The Balaban J connectivity index is 1.63. The second-order valence-electron chi connectivity index (χ2n) is 6.87. The Morgan fingerprint density at radius 2 is 2.07 bits per heavy atom. The minimum absolute atomic E-state index is 0.0802. The number of hydrogen-bond acceptors (Lipinski definition) is 8. The van der Waals surface area contributed by atoms with Crippen LogP contribution in [0.5, 0.6) is 0 Å². The summed E-state index contributed by atoms with van der Waals surface area (Å²) in [6.45, 7) is 7.23. The van der Waals surface area contributed by atoms with E-state index in [1.165, 1.54) is 18.7 Å². The number of esters is 1. The van der Waals surface area contributed by atoms with E-state index in [4.69, 9.17) is 9.26 Å². The molecule has 0 aliphatic heterocycles. The fourth-order valence-electron chi connectivity index (χ4n) is 2.62. The maximum absolute atomic E-state index is 12.7. The molecule has 10 heteroatoms. The van der Waals surface area contributed by atoms with E-state index in [0.717, 1.165) is 5.69 Å². The first-order valence-electron chi connectivity index (χ1n) is 9.40. The maximum Gasteiger partial charge on any atom is 0.341 e. The van der Waals surface area contributed by atoms with Gasteiger partial charge in [0.1, 0.15) is 16.6 Å². The number of pyridine rings is 1. The van der Waals surface area contributed by atoms with Crippen LogP contribution in [0.4, 0.5) is 5.82 Å². The van der Waals surface area contributed by atoms with Gasteiger partial charge in [-0.1, -0.05) is 16.9 Å². The van der Waals surface area contributed by atoms with Gasteiger partial charge in [-0.15, -0.1) is 0 Å². The van der Waals surface area contributed by atoms with Gasteiger partial charge >= 0.3 is 5.97 Å². The first-order chi connectivity index (χ1) is 14.3. The number of aryl methyl sites for hydroxylation is 1. The molecule has 0 aromatic carbocycles. The van der Waals surface area contributed by atoms with Crippen LogP contribution in [0.2, 0.25) is 0 Å². The van der Waals surface area contributed by atoms with Crippen LogP contribution in [0.3, 0.4) is 0 Å². The third kappa shape index (κ3) is 5.26. The van der Waals surface area contributed by atoms with Gasteiger partial charge in [0.25, 0.3) is 5.91 Å². The highest BCUT2D eigenvalue weighted by Crippen LogP contribution is 2.25. The number of hydrogen-bond donors (Lipinski definition) is 1. The Morgan fingerprint density at radius 1 is 1.27 bits per heavy atom. The summed E-state index contributed by atoms with van der Waals surface area (Å²) in [4.78, 5) is 29.4. The highest BCUT2D eigenvalue weighted by molar-refractivity contribution is 7.98. The Kier molecular flexibility index (Phi) is 6.88. The summed E-state index contributed by atoms with van der Waals surface area (Å²) in [5.74, 6) is 0.677. The number of nitrogens with one attached hydrogen (secondary N) is 1. The molecular weight excluding hydrogens is 406 g/mol. The normalized spacial score (nSPS) is 12.0. The summed E-state index contributed by atoms with van der Waals surface area (Å²) in [5.41, 5.74) is 1.03. The fourth-order valence-corrected chi connectivity index (χ4v) is 3.48. The van der Waals surface area contributed by atoms with Crippen molar-refractivity contribution in [2.24, 2.45) is 0 Å². The lowest BCUT2D eigenvalue weighted by molar-refractivity contribution is -0.123. The predicted octanol–water partition coefficient (Wildman–Crippen LogP) is 3.63. The first-order valence-corrected chi connectivity index (χ1v) is 10.4. The largest absolute Gasteiger partial charge is 0.449 e. The molecule has 0 saturated carbocycles. The Hall–Kier alpha value is -3.14. The van der Waals surface area contributed by atoms with Gasteiger partial charge in [-0.2, -0.15) is 5.10 Å². The molecule has 0 aliphatic rings. The molecule has 0 aliphatic carbocycles. The van der Waals surface area contributed by atoms with E-state index in [9.17, 15) is 9.59 Å². The maximum atomic E-state index is 12.7. The molecule has 3 aromatic rings. The van der Waals surface area contributed by atoms with Crippen molar-refractivity contribution in [2.75, 3.05) is 5.32 Å². The zero-order valence-corrected chi connectivity index (χ0v) is 18.0. The smallest absolute Gasteiger partial charge is 0.341 e. The minimum atomic E-state index is -0.996. The number of thioether (sulfide) groups is 1. The quantitative estimate of drug-likeness (QED) is 0.427. The van der Waals surface area contributed by atoms with Crippen LogP contribution in [0.1, 0.15) is 48.6 Å². The average molecular weight is 430 g/mol. The highest BCUT2D eigenvalue weighted by atomic mass is 32.2. The molecule has 0 radical (unpaired) electrons. The molecule has 1 atom stereocenters. The minimum Gasteiger partial charge on any atom is -0.449 e. The second kappa shape index (κ2) is 9.57. The number of aromatic nitrogens is 4. The molecule has 0 fully saturated rings. The Bertz CT molecular complexity index is 1030. The third-order valence-electron chi connectivity index (χ3n) is 4.09. The van der Waals surface area contributed by atoms with Crippen LogP contribution in [0.15, 0.2) is 46.2 Å². The van der Waals surface area contributed by atoms with Gasteiger partial charge in [0.15, 0.2) is 6.10 Å². The number of carbonyl (C=O) groups is 2. The lowest BCUT2D eigenvalue weighted by atomic mass is 10.3. The van der Waals surface area contributed by atoms with Gasteiger partial charge < -0.3 is 14.6 Å². The van der Waals surface area contributed by atoms with Gasteiger partial charge in [0.05, 0.1) is 17.5 Å². The molecule has 1 amide bonds. The molecule has 1 N–H and O–H groups in total. The zero-order valence-electron chi connectivity index (χ0n) is 17.2. The molecule has 3 heterocycles. The first kappa shape index (κ1) is 21.6. The third-order valence-corrected chi connectivity index (χ3v) is 5.13. The summed E-state index contributed by atoms with van der Waals surface area (Å²) >= 11 is 1.34. The molecule has 3 rings (SSSR count). The highest BCUT2D eigenvalue weighted by Gasteiger charge is 2.23. The molecule has 1 unspecified atom stereocenters. The van der Waals surface area contributed by atoms with Crippen molar-refractivity contribution in [3.8, 4) is 0 Å². The standard InChI is InChI=1S/C20H23N5O4S/c1-12(2)25-17(7-9-22-25)23-18(26)14(4)28-20(27)16-6-5-8-21-19(16)30-11-15-10-13(3)29-24-15/h5-10,12,14H,11H2,1-4H3,(H,23,26). The zero-order chi connectivity index (χ0) is 21.7. The van der Waals surface area contributed by atoms with Crippen LogP contribution in [-0.2, 0) is 15.3 Å². The number of rotatable bonds is 8. The van der Waals surface area contributed by atoms with Crippen molar-refractivity contribution >= 4 is 29.5 Å². The van der Waals surface area contributed by atoms with E-state index in [2.05, 4.69) is 20.6 Å². The van der Waals surface area contributed by atoms with Gasteiger partial charge in [-0.25, -0.2) is 14.5 Å². The number of carbonyl (C=O) groups excluding carboxylic acids is 2. The molecule has 3 aromatic heterocycles. The SMILES string of the molecule is Cc1cc(CSc2ncccc2C(=O)OC(C)C(=O)Nc2ccnn2C(C)C)no1. The van der Waals surface area contributed by atoms with Crippen molar-refractivity contribution in [3.63, 3.8) is 0 Å². The van der Waals surface area contributed by atoms with Crippen LogP contribution >= 0.6 is 11.8 Å². The summed E-state index contributed by atoms with van der Waals surface area (Å²) in [7, 11) is 0. The van der Waals surface area contributed by atoms with Crippen LogP contribution < -0.4 is 5.32 Å². The topological polar surface area (TPSA) is 112 Å². The summed E-state index contributed by atoms with van der Waals surface area (Å²) in [6, 6.07) is 6.85. The van der Waals surface area contributed by atoms with E-state index in [-0.39, 0.29) is 11.6 Å². The van der Waals surface area contributed by atoms with Crippen molar-refractivity contribution in [3.05, 3.63) is 53.7 Å². The van der Waals surface area contributed by atoms with Crippen molar-refractivity contribution in [1.29, 1.82) is 0 Å². The monoisotopic (exact) mass is 429 g/mol. The number of nitrogens with zero attached hydrogens (tertiary/aromatic N) is 4. The van der Waals surface area contributed by atoms with E-state index in [1.54, 1.807) is 35.3 Å². The average Bonchev–Trinajstić information content (AvgIpc) is 3.35. The van der Waals surface area contributed by atoms with E-state index in [1.807, 2.05) is 26.8 Å². The number of amides is 1. The lowest BCUT2D eigenvalue weighted by Gasteiger charge is -2.16. The number of ether oxygens (including phenoxy) is 1. The Labute approximate surface area is 178 Å². The van der Waals surface area contributed by atoms with Crippen molar-refractivity contribution in [2.45, 2.75) is 50.6 Å². The van der Waals surface area contributed by atoms with Gasteiger partial charge in [-0.05, 0) is 39.8 Å². The van der Waals surface area contributed by atoms with Crippen molar-refractivity contribution < 1.29 is 18.8 Å². The van der Waals surface area contributed by atoms with Gasteiger partial charge in [0.2, 0.25) is 0 Å². The van der Waals surface area contributed by atoms with Crippen LogP contribution in [0, 0.1) is 6.92 Å².